The van der Waals surface area contributed by atoms with Crippen LogP contribution in [-0.4, -0.2) is 0 Å². The monoisotopic (exact) mass is 284 g/mol. The Morgan fingerprint density at radius 1 is 0.800 bits per heavy atom. The van der Waals surface area contributed by atoms with E-state index in [4.69, 9.17) is 0 Å². The molecule has 0 aromatic heterocycles. The zero-order valence-corrected chi connectivity index (χ0v) is 19.5. The molecule has 0 nitrogen and oxygen atoms in total. The average molecular weight is 285 g/mol. The molecule has 0 saturated heterocycles. The Balaban J connectivity index is -0.00000000167. The summed E-state index contributed by atoms with van der Waals surface area (Å²) >= 11 is 0. The van der Waals surface area contributed by atoms with E-state index in [1.54, 1.807) is 6.92 Å². The average Bonchev–Trinajstić information content (AvgIpc) is 1.00. The van der Waals surface area contributed by atoms with Crippen LogP contribution in [0.4, 0.5) is 0 Å². The van der Waals surface area contributed by atoms with Gasteiger partial charge in [-0.15, -0.1) is 0 Å². The number of hydrogen-bond donors (Lipinski definition) is 0. The molecule has 14 valence electrons. The first-order valence-electron chi connectivity index (χ1n) is 0.707. The fourth-order valence-corrected chi connectivity index (χ4v) is 0. The van der Waals surface area contributed by atoms with E-state index in [1.165, 1.54) is 0 Å². The minimum atomic E-state index is 0. The van der Waals surface area contributed by atoms with Crippen molar-refractivity contribution in [3.63, 3.8) is 0 Å². The first-order valence-corrected chi connectivity index (χ1v) is 0.707. The van der Waals surface area contributed by atoms with Crippen molar-refractivity contribution in [1.29, 1.82) is 0 Å². The topological polar surface area (TPSA) is 0 Å². The molecule has 0 aromatic rings. The Hall–Kier alpha value is 5.42. The standard InChI is InChI=1S/C2H5.3Rb/c1-2;;;/h1H2,2H3;;;/q-1;3*+1. The summed E-state index contributed by atoms with van der Waals surface area (Å²) < 4.78 is 0. The largest absolute Gasteiger partial charge is 1.00 e. The maximum Gasteiger partial charge on any atom is 1.00 e. The second-order valence-electron chi connectivity index (χ2n) is 0. The quantitative estimate of drug-likeness (QED) is 0.388. The molecule has 0 amide bonds. The Morgan fingerprint density at radius 2 is 0.800 bits per heavy atom. The SMILES string of the molecule is [CH2-]C.[Rb+].[Rb+].[Rb+]. The zero-order chi connectivity index (χ0) is 2.00. The Kier molecular flexibility index (Phi) is 102. The summed E-state index contributed by atoms with van der Waals surface area (Å²) in [7, 11) is 0. The molecule has 0 atom stereocenters. The van der Waals surface area contributed by atoms with Crippen molar-refractivity contribution >= 4 is 0 Å². The predicted molar refractivity (Wildman–Crippen MR) is 11.0 cm³/mol. The van der Waals surface area contributed by atoms with Crippen LogP contribution in [-0.2, 0) is 0 Å². The molecule has 0 aliphatic rings. The molecule has 0 unspecified atom stereocenters. The molecular formula is C2H5Rb3+2. The van der Waals surface area contributed by atoms with Gasteiger partial charge < -0.3 is 6.92 Å². The van der Waals surface area contributed by atoms with Crippen LogP contribution in [0.2, 0.25) is 0 Å². The van der Waals surface area contributed by atoms with Gasteiger partial charge in [0.2, 0.25) is 0 Å². The summed E-state index contributed by atoms with van der Waals surface area (Å²) in [6, 6.07) is 0. The summed E-state index contributed by atoms with van der Waals surface area (Å²) in [6.45, 7) is 5.00. The van der Waals surface area contributed by atoms with Crippen molar-refractivity contribution < 1.29 is 175 Å². The maximum atomic E-state index is 3.25. The summed E-state index contributed by atoms with van der Waals surface area (Å²) in [4.78, 5) is 0. The van der Waals surface area contributed by atoms with Gasteiger partial charge in [-0.2, -0.15) is 6.92 Å². The number of rotatable bonds is 0. The van der Waals surface area contributed by atoms with Crippen LogP contribution in [0.1, 0.15) is 6.92 Å². The van der Waals surface area contributed by atoms with E-state index in [-0.39, 0.29) is 175 Å². The third-order valence-electron chi connectivity index (χ3n) is 0. The van der Waals surface area contributed by atoms with E-state index in [1.807, 2.05) is 0 Å². The predicted octanol–water partition coefficient (Wildman–Crippen LogP) is -8.15. The molecule has 0 N–H and O–H groups in total. The van der Waals surface area contributed by atoms with Crippen LogP contribution >= 0.6 is 0 Å². The second-order valence-corrected chi connectivity index (χ2v) is 0. The minimum absolute atomic E-state index is 0. The van der Waals surface area contributed by atoms with E-state index in [0.29, 0.717) is 0 Å². The van der Waals surface area contributed by atoms with Crippen molar-refractivity contribution in [3.8, 4) is 0 Å². The third kappa shape index (κ3) is 17.7. The van der Waals surface area contributed by atoms with Crippen molar-refractivity contribution in [3.05, 3.63) is 6.92 Å². The molecule has 5 heavy (non-hydrogen) atoms. The van der Waals surface area contributed by atoms with E-state index >= 15 is 0 Å². The van der Waals surface area contributed by atoms with Crippen molar-refractivity contribution in [2.24, 2.45) is 0 Å². The first-order chi connectivity index (χ1) is 1.00. The van der Waals surface area contributed by atoms with Gasteiger partial charge in [-0.3, -0.25) is 0 Å². The van der Waals surface area contributed by atoms with Crippen molar-refractivity contribution in [2.75, 3.05) is 0 Å². The van der Waals surface area contributed by atoms with Crippen LogP contribution in [0.3, 0.4) is 0 Å². The van der Waals surface area contributed by atoms with Crippen molar-refractivity contribution in [2.45, 2.75) is 6.92 Å². The Bertz CT molecular complexity index is 4.85. The van der Waals surface area contributed by atoms with Gasteiger partial charge in [0.05, 0.1) is 0 Å². The fraction of sp³-hybridized carbons (Fsp3) is 0.500. The maximum absolute atomic E-state index is 3.25. The van der Waals surface area contributed by atoms with E-state index in [2.05, 4.69) is 6.92 Å². The van der Waals surface area contributed by atoms with E-state index < -0.39 is 0 Å². The van der Waals surface area contributed by atoms with Gasteiger partial charge in [-0.1, -0.05) is 0 Å². The first kappa shape index (κ1) is 22.4. The molecule has 0 aromatic carbocycles. The molecule has 0 aliphatic carbocycles. The smallest absolute Gasteiger partial charge is 0.346 e. The van der Waals surface area contributed by atoms with Crippen LogP contribution in [0.5, 0.6) is 0 Å². The van der Waals surface area contributed by atoms with Gasteiger partial charge >= 0.3 is 175 Å². The van der Waals surface area contributed by atoms with Gasteiger partial charge in [0.1, 0.15) is 0 Å². The third-order valence-corrected chi connectivity index (χ3v) is 0. The zero-order valence-electron chi connectivity index (χ0n) is 4.71. The van der Waals surface area contributed by atoms with Crippen LogP contribution in [0, 0.1) is 6.92 Å². The van der Waals surface area contributed by atoms with Gasteiger partial charge in [0, 0.05) is 0 Å². The fourth-order valence-electron chi connectivity index (χ4n) is 0. The van der Waals surface area contributed by atoms with Gasteiger partial charge in [0.15, 0.2) is 0 Å². The molecule has 0 spiro atoms. The van der Waals surface area contributed by atoms with Gasteiger partial charge in [0.25, 0.3) is 0 Å². The molecule has 0 saturated carbocycles. The molecule has 0 heterocycles. The van der Waals surface area contributed by atoms with Crippen LogP contribution in [0.25, 0.3) is 0 Å². The minimum Gasteiger partial charge on any atom is -0.346 e. The Labute approximate surface area is 181 Å². The van der Waals surface area contributed by atoms with E-state index in [0.717, 1.165) is 0 Å². The van der Waals surface area contributed by atoms with Gasteiger partial charge in [-0.25, -0.2) is 0 Å². The molecule has 0 radical (unpaired) electrons. The molecule has 0 bridgehead atoms. The molecular weight excluding hydrogens is 280 g/mol. The molecule has 0 aliphatic heterocycles. The summed E-state index contributed by atoms with van der Waals surface area (Å²) in [6.07, 6.45) is 0. The second kappa shape index (κ2) is 22.7. The van der Waals surface area contributed by atoms with Crippen LogP contribution < -0.4 is 175 Å². The summed E-state index contributed by atoms with van der Waals surface area (Å²) in [5.41, 5.74) is 0. The normalized spacial score (nSPS) is 1.20. The van der Waals surface area contributed by atoms with Crippen LogP contribution in [0.15, 0.2) is 0 Å². The molecule has 0 rings (SSSR count). The summed E-state index contributed by atoms with van der Waals surface area (Å²) in [5.74, 6) is 0. The van der Waals surface area contributed by atoms with Gasteiger partial charge in [-0.05, 0) is 0 Å². The molecule has 0 fully saturated rings. The number of hydrogen-bond acceptors (Lipinski definition) is 0. The van der Waals surface area contributed by atoms with E-state index in [9.17, 15) is 0 Å². The Morgan fingerprint density at radius 3 is 0.800 bits per heavy atom. The summed E-state index contributed by atoms with van der Waals surface area (Å²) in [5, 5.41) is 0. The van der Waals surface area contributed by atoms with Crippen molar-refractivity contribution in [1.82, 2.24) is 0 Å². The molecule has 3 heteroatoms.